The van der Waals surface area contributed by atoms with Gasteiger partial charge in [-0.3, -0.25) is 9.48 Å². The Morgan fingerprint density at radius 3 is 2.32 bits per heavy atom. The molecule has 19 heavy (non-hydrogen) atoms. The molecular formula is C15H25N3O. The van der Waals surface area contributed by atoms with E-state index < -0.39 is 0 Å². The minimum atomic E-state index is 0.310. The molecule has 2 rings (SSSR count). The van der Waals surface area contributed by atoms with Crippen LogP contribution >= 0.6 is 0 Å². The fourth-order valence-corrected chi connectivity index (χ4v) is 2.89. The predicted molar refractivity (Wildman–Crippen MR) is 76.1 cm³/mol. The number of aromatic nitrogens is 2. The van der Waals surface area contributed by atoms with Crippen molar-refractivity contribution < 1.29 is 4.79 Å². The average Bonchev–Trinajstić information content (AvgIpc) is 2.62. The highest BCUT2D eigenvalue weighted by Gasteiger charge is 2.17. The van der Waals surface area contributed by atoms with Gasteiger partial charge < -0.3 is 4.90 Å². The summed E-state index contributed by atoms with van der Waals surface area (Å²) >= 11 is 0. The average molecular weight is 263 g/mol. The van der Waals surface area contributed by atoms with Crippen LogP contribution in [0.4, 0.5) is 0 Å². The summed E-state index contributed by atoms with van der Waals surface area (Å²) in [5, 5.41) is 4.41. The fraction of sp³-hybridized carbons (Fsp3) is 0.733. The van der Waals surface area contributed by atoms with Gasteiger partial charge in [-0.1, -0.05) is 12.8 Å². The van der Waals surface area contributed by atoms with Crippen molar-refractivity contribution in [1.82, 2.24) is 14.7 Å². The molecule has 1 aliphatic heterocycles. The zero-order valence-corrected chi connectivity index (χ0v) is 12.4. The molecule has 106 valence electrons. The third-order valence-corrected chi connectivity index (χ3v) is 4.21. The quantitative estimate of drug-likeness (QED) is 0.839. The number of carbonyl (C=O) groups is 1. The minimum Gasteiger partial charge on any atom is -0.343 e. The normalized spacial score (nSPS) is 16.5. The van der Waals surface area contributed by atoms with Crippen LogP contribution in [-0.2, 0) is 18.3 Å². The largest absolute Gasteiger partial charge is 0.343 e. The van der Waals surface area contributed by atoms with Gasteiger partial charge in [0.25, 0.3) is 0 Å². The second-order valence-corrected chi connectivity index (χ2v) is 5.57. The third-order valence-electron chi connectivity index (χ3n) is 4.21. The van der Waals surface area contributed by atoms with Crippen molar-refractivity contribution in [2.45, 2.75) is 52.4 Å². The molecule has 1 saturated heterocycles. The summed E-state index contributed by atoms with van der Waals surface area (Å²) in [5.41, 5.74) is 3.48. The van der Waals surface area contributed by atoms with E-state index in [2.05, 4.69) is 12.0 Å². The Morgan fingerprint density at radius 1 is 1.16 bits per heavy atom. The van der Waals surface area contributed by atoms with Crippen LogP contribution in [0.2, 0.25) is 0 Å². The van der Waals surface area contributed by atoms with Crippen molar-refractivity contribution in [1.29, 1.82) is 0 Å². The maximum atomic E-state index is 12.3. The highest BCUT2D eigenvalue weighted by atomic mass is 16.2. The minimum absolute atomic E-state index is 0.310. The molecule has 1 aromatic heterocycles. The lowest BCUT2D eigenvalue weighted by molar-refractivity contribution is -0.131. The summed E-state index contributed by atoms with van der Waals surface area (Å²) < 4.78 is 1.90. The van der Waals surface area contributed by atoms with Gasteiger partial charge >= 0.3 is 0 Å². The first kappa shape index (κ1) is 14.1. The molecule has 4 nitrogen and oxygen atoms in total. The van der Waals surface area contributed by atoms with Crippen molar-refractivity contribution in [2.75, 3.05) is 13.1 Å². The molecule has 0 spiro atoms. The Labute approximate surface area is 115 Å². The molecule has 4 heteroatoms. The molecule has 1 amide bonds. The van der Waals surface area contributed by atoms with Gasteiger partial charge in [0.1, 0.15) is 0 Å². The van der Waals surface area contributed by atoms with E-state index in [0.29, 0.717) is 12.3 Å². The number of hydrogen-bond donors (Lipinski definition) is 0. The number of amides is 1. The first-order valence-corrected chi connectivity index (χ1v) is 7.36. The van der Waals surface area contributed by atoms with Crippen molar-refractivity contribution in [2.24, 2.45) is 7.05 Å². The molecule has 0 radical (unpaired) electrons. The molecule has 2 heterocycles. The number of hydrogen-bond acceptors (Lipinski definition) is 2. The highest BCUT2D eigenvalue weighted by molar-refractivity contribution is 5.76. The molecule has 0 bridgehead atoms. The number of nitrogens with zero attached hydrogens (tertiary/aromatic N) is 3. The lowest BCUT2D eigenvalue weighted by Crippen LogP contribution is -2.32. The van der Waals surface area contributed by atoms with Crippen LogP contribution in [0.25, 0.3) is 0 Å². The highest BCUT2D eigenvalue weighted by Crippen LogP contribution is 2.16. The van der Waals surface area contributed by atoms with E-state index in [-0.39, 0.29) is 0 Å². The summed E-state index contributed by atoms with van der Waals surface area (Å²) in [6.07, 6.45) is 6.30. The Bertz CT molecular complexity index is 442. The van der Waals surface area contributed by atoms with Crippen molar-refractivity contribution in [3.8, 4) is 0 Å². The molecule has 0 saturated carbocycles. The van der Waals surface area contributed by atoms with Crippen LogP contribution in [-0.4, -0.2) is 33.7 Å². The molecule has 1 fully saturated rings. The van der Waals surface area contributed by atoms with Crippen molar-refractivity contribution in [3.63, 3.8) is 0 Å². The molecular weight excluding hydrogens is 238 g/mol. The van der Waals surface area contributed by atoms with Crippen LogP contribution in [0.5, 0.6) is 0 Å². The van der Waals surface area contributed by atoms with Gasteiger partial charge in [-0.2, -0.15) is 5.10 Å². The SMILES string of the molecule is Cc1nn(C)c(C)c1CCC(=O)N1CCCCCC1. The summed E-state index contributed by atoms with van der Waals surface area (Å²) in [6.45, 7) is 6.00. The van der Waals surface area contributed by atoms with Crippen LogP contribution in [0.3, 0.4) is 0 Å². The molecule has 1 aliphatic rings. The summed E-state index contributed by atoms with van der Waals surface area (Å²) in [7, 11) is 1.96. The summed E-state index contributed by atoms with van der Waals surface area (Å²) in [6, 6.07) is 0. The van der Waals surface area contributed by atoms with E-state index in [9.17, 15) is 4.79 Å². The van der Waals surface area contributed by atoms with Crippen molar-refractivity contribution in [3.05, 3.63) is 17.0 Å². The first-order valence-electron chi connectivity index (χ1n) is 7.36. The number of carbonyl (C=O) groups excluding carboxylic acids is 1. The number of likely N-dealkylation sites (tertiary alicyclic amines) is 1. The molecule has 0 atom stereocenters. The van der Waals surface area contributed by atoms with Crippen LogP contribution in [0.1, 0.15) is 49.1 Å². The Morgan fingerprint density at radius 2 is 1.79 bits per heavy atom. The zero-order chi connectivity index (χ0) is 13.8. The van der Waals surface area contributed by atoms with Crippen LogP contribution in [0, 0.1) is 13.8 Å². The second kappa shape index (κ2) is 6.22. The van der Waals surface area contributed by atoms with Gasteiger partial charge in [-0.05, 0) is 38.7 Å². The van der Waals surface area contributed by atoms with Gasteiger partial charge in [0.15, 0.2) is 0 Å². The lowest BCUT2D eigenvalue weighted by Gasteiger charge is -2.20. The van der Waals surface area contributed by atoms with Gasteiger partial charge in [0.05, 0.1) is 5.69 Å². The summed E-state index contributed by atoms with van der Waals surface area (Å²) in [5.74, 6) is 0.310. The maximum Gasteiger partial charge on any atom is 0.222 e. The van der Waals surface area contributed by atoms with E-state index in [4.69, 9.17) is 0 Å². The molecule has 0 aliphatic carbocycles. The van der Waals surface area contributed by atoms with Crippen LogP contribution < -0.4 is 0 Å². The Kier molecular flexibility index (Phi) is 4.61. The smallest absolute Gasteiger partial charge is 0.222 e. The topological polar surface area (TPSA) is 38.1 Å². The van der Waals surface area contributed by atoms with E-state index in [1.807, 2.05) is 23.6 Å². The van der Waals surface area contributed by atoms with E-state index in [0.717, 1.165) is 38.0 Å². The lowest BCUT2D eigenvalue weighted by atomic mass is 10.1. The number of aryl methyl sites for hydroxylation is 2. The Hall–Kier alpha value is -1.32. The van der Waals surface area contributed by atoms with Gasteiger partial charge in [-0.15, -0.1) is 0 Å². The standard InChI is InChI=1S/C15H25N3O/c1-12-14(13(2)17(3)16-12)8-9-15(19)18-10-6-4-5-7-11-18/h4-11H2,1-3H3. The van der Waals surface area contributed by atoms with Gasteiger partial charge in [0, 0.05) is 32.3 Å². The Balaban J connectivity index is 1.92. The van der Waals surface area contributed by atoms with Gasteiger partial charge in [0.2, 0.25) is 5.91 Å². The van der Waals surface area contributed by atoms with Crippen molar-refractivity contribution >= 4 is 5.91 Å². The van der Waals surface area contributed by atoms with E-state index >= 15 is 0 Å². The molecule has 0 unspecified atom stereocenters. The third kappa shape index (κ3) is 3.37. The van der Waals surface area contributed by atoms with Gasteiger partial charge in [-0.25, -0.2) is 0 Å². The molecule has 1 aromatic rings. The predicted octanol–water partition coefficient (Wildman–Crippen LogP) is 2.37. The maximum absolute atomic E-state index is 12.3. The van der Waals surface area contributed by atoms with Crippen LogP contribution in [0.15, 0.2) is 0 Å². The fourth-order valence-electron chi connectivity index (χ4n) is 2.89. The monoisotopic (exact) mass is 263 g/mol. The first-order chi connectivity index (χ1) is 9.09. The number of rotatable bonds is 3. The zero-order valence-electron chi connectivity index (χ0n) is 12.4. The molecule has 0 aromatic carbocycles. The molecule has 0 N–H and O–H groups in total. The second-order valence-electron chi connectivity index (χ2n) is 5.57. The van der Waals surface area contributed by atoms with E-state index in [1.54, 1.807) is 0 Å². The summed E-state index contributed by atoms with van der Waals surface area (Å²) in [4.78, 5) is 14.3. The van der Waals surface area contributed by atoms with E-state index in [1.165, 1.54) is 24.1 Å².